The zero-order valence-corrected chi connectivity index (χ0v) is 12.8. The summed E-state index contributed by atoms with van der Waals surface area (Å²) in [6, 6.07) is -0.696. The van der Waals surface area contributed by atoms with Gasteiger partial charge in [0.1, 0.15) is 0 Å². The Hall–Kier alpha value is -1.18. The van der Waals surface area contributed by atoms with Gasteiger partial charge in [-0.2, -0.15) is 0 Å². The average molecular weight is 320 g/mol. The molecule has 1 N–H and O–H groups in total. The second kappa shape index (κ2) is 8.02. The number of alkyl carbamates (subject to hydrolysis) is 1. The molecule has 1 atom stereocenters. The van der Waals surface area contributed by atoms with E-state index in [1.54, 1.807) is 20.8 Å². The predicted octanol–water partition coefficient (Wildman–Crippen LogP) is 1.23. The van der Waals surface area contributed by atoms with Crippen LogP contribution in [0, 0.1) is 12.3 Å². The van der Waals surface area contributed by atoms with Crippen molar-refractivity contribution in [2.45, 2.75) is 43.1 Å². The zero-order chi connectivity index (χ0) is 14.2. The van der Waals surface area contributed by atoms with Crippen LogP contribution in [-0.4, -0.2) is 45.8 Å². The second-order valence-corrected chi connectivity index (χ2v) is 6.60. The predicted molar refractivity (Wildman–Crippen MR) is 69.4 cm³/mol. The van der Waals surface area contributed by atoms with Crippen molar-refractivity contribution >= 4 is 27.0 Å². The Kier molecular flexibility index (Phi) is 7.49. The number of amides is 1. The number of nitrogens with one attached hydrogen (secondary N) is 1. The van der Waals surface area contributed by atoms with Gasteiger partial charge < -0.3 is 0 Å². The molecule has 0 aliphatic carbocycles. The van der Waals surface area contributed by atoms with Crippen LogP contribution in [0.25, 0.3) is 0 Å². The molecule has 0 bridgehead atoms. The van der Waals surface area contributed by atoms with Gasteiger partial charge in [-0.3, -0.25) is 0 Å². The van der Waals surface area contributed by atoms with Gasteiger partial charge in [-0.05, 0) is 0 Å². The van der Waals surface area contributed by atoms with E-state index in [9.17, 15) is 9.59 Å². The maximum absolute atomic E-state index is 11.5. The zero-order valence-electron chi connectivity index (χ0n) is 11.1. The summed E-state index contributed by atoms with van der Waals surface area (Å²) in [5, 5.41) is 3.59. The van der Waals surface area contributed by atoms with Crippen molar-refractivity contribution in [3.63, 3.8) is 0 Å². The summed E-state index contributed by atoms with van der Waals surface area (Å²) in [6.07, 6.45) is 4.52. The Morgan fingerprint density at radius 3 is 2.50 bits per heavy atom. The van der Waals surface area contributed by atoms with Gasteiger partial charge in [-0.15, -0.1) is 0 Å². The molecule has 0 fully saturated rings. The fourth-order valence-electron chi connectivity index (χ4n) is 0.996. The van der Waals surface area contributed by atoms with Crippen LogP contribution >= 0.6 is 0 Å². The molecule has 18 heavy (non-hydrogen) atoms. The Morgan fingerprint density at radius 2 is 2.06 bits per heavy atom. The third-order valence-corrected chi connectivity index (χ3v) is 3.62. The first-order valence-electron chi connectivity index (χ1n) is 5.38. The van der Waals surface area contributed by atoms with Crippen molar-refractivity contribution in [1.29, 1.82) is 0 Å². The van der Waals surface area contributed by atoms with E-state index < -0.39 is 23.7 Å². The number of rotatable bonds is 5. The quantitative estimate of drug-likeness (QED) is 0.358. The molecule has 0 aromatic rings. The van der Waals surface area contributed by atoms with Crippen LogP contribution in [0.5, 0.6) is 0 Å². The Morgan fingerprint density at radius 1 is 1.44 bits per heavy atom. The van der Waals surface area contributed by atoms with Gasteiger partial charge in [0.15, 0.2) is 0 Å². The van der Waals surface area contributed by atoms with E-state index in [0.29, 0.717) is 10.6 Å². The number of ether oxygens (including phenoxy) is 2. The van der Waals surface area contributed by atoms with Gasteiger partial charge in [0.05, 0.1) is 0 Å². The van der Waals surface area contributed by atoms with Crippen molar-refractivity contribution in [1.82, 2.24) is 5.32 Å². The van der Waals surface area contributed by atoms with Crippen LogP contribution in [0.15, 0.2) is 0 Å². The number of esters is 1. The van der Waals surface area contributed by atoms with Crippen LogP contribution in [0.2, 0.25) is 10.6 Å². The van der Waals surface area contributed by atoms with E-state index in [0.717, 1.165) is 0 Å². The Balaban J connectivity index is 4.36. The second-order valence-electron chi connectivity index (χ2n) is 4.44. The minimum atomic E-state index is -0.696. The van der Waals surface area contributed by atoms with Crippen LogP contribution in [0.3, 0.4) is 0 Å². The Bertz CT molecular complexity index is 330. The molecule has 0 rings (SSSR count). The summed E-state index contributed by atoms with van der Waals surface area (Å²) >= 11 is 0.0859. The molecule has 0 aromatic carbocycles. The van der Waals surface area contributed by atoms with Crippen molar-refractivity contribution in [2.75, 3.05) is 7.11 Å². The summed E-state index contributed by atoms with van der Waals surface area (Å²) in [6.45, 7) is 5.26. The maximum atomic E-state index is 11.5. The van der Waals surface area contributed by atoms with E-state index >= 15 is 0 Å². The Labute approximate surface area is 114 Å². The molecule has 5 nitrogen and oxygen atoms in total. The number of hydrogen-bond donors (Lipinski definition) is 1. The first-order chi connectivity index (χ1) is 8.30. The molecule has 0 aromatic heterocycles. The topological polar surface area (TPSA) is 64.6 Å². The molecule has 0 aliphatic rings. The first-order valence-corrected chi connectivity index (χ1v) is 7.81. The number of hydrogen-bond acceptors (Lipinski definition) is 4. The number of carbonyl (C=O) groups is 2. The third kappa shape index (κ3) is 7.99. The molecule has 102 valence electrons. The molecule has 0 unspecified atom stereocenters. The molecule has 0 heterocycles. The van der Waals surface area contributed by atoms with Gasteiger partial charge in [0, 0.05) is 0 Å². The average Bonchev–Trinajstić information content (AvgIpc) is 2.24. The molecular weight excluding hydrogens is 301 g/mol. The van der Waals surface area contributed by atoms with Gasteiger partial charge in [-0.1, -0.05) is 0 Å². The van der Waals surface area contributed by atoms with Crippen molar-refractivity contribution < 1.29 is 19.1 Å². The van der Waals surface area contributed by atoms with E-state index in [2.05, 4.69) is 16.0 Å². The van der Waals surface area contributed by atoms with Gasteiger partial charge in [0.25, 0.3) is 0 Å². The van der Waals surface area contributed by atoms with Crippen molar-refractivity contribution in [2.24, 2.45) is 0 Å². The van der Waals surface area contributed by atoms with E-state index in [-0.39, 0.29) is 15.0 Å². The number of carbonyl (C=O) groups excluding carboxylic acids is 2. The summed E-state index contributed by atoms with van der Waals surface area (Å²) in [5.41, 5.74) is -0.602. The molecule has 0 radical (unpaired) electrons. The standard InChI is InChI=1S/C12H19NO4Se/c1-6-7-18-8-9(10(14)16-5)13-11(15)17-12(2,3)4/h1,9H,7-8H2,2-5H3,(H,13,15)/t9-/m0/s1. The van der Waals surface area contributed by atoms with E-state index in [1.807, 2.05) is 0 Å². The minimum absolute atomic E-state index is 0.0859. The van der Waals surface area contributed by atoms with Gasteiger partial charge >= 0.3 is 114 Å². The monoisotopic (exact) mass is 321 g/mol. The summed E-state index contributed by atoms with van der Waals surface area (Å²) in [7, 11) is 1.28. The summed E-state index contributed by atoms with van der Waals surface area (Å²) in [5.74, 6) is 2.02. The van der Waals surface area contributed by atoms with Gasteiger partial charge in [0.2, 0.25) is 0 Å². The molecule has 6 heteroatoms. The summed E-state index contributed by atoms with van der Waals surface area (Å²) < 4.78 is 9.70. The molecular formula is C12H19NO4Se. The summed E-state index contributed by atoms with van der Waals surface area (Å²) in [4.78, 5) is 23.0. The van der Waals surface area contributed by atoms with Gasteiger partial charge in [-0.25, -0.2) is 0 Å². The van der Waals surface area contributed by atoms with Crippen molar-refractivity contribution in [3.8, 4) is 12.3 Å². The van der Waals surface area contributed by atoms with Crippen LogP contribution in [-0.2, 0) is 14.3 Å². The molecule has 0 saturated heterocycles. The fraction of sp³-hybridized carbons (Fsp3) is 0.667. The van der Waals surface area contributed by atoms with E-state index in [1.165, 1.54) is 7.11 Å². The van der Waals surface area contributed by atoms with Crippen LogP contribution < -0.4 is 5.32 Å². The van der Waals surface area contributed by atoms with Crippen LogP contribution in [0.4, 0.5) is 4.79 Å². The number of methoxy groups -OCH3 is 1. The third-order valence-electron chi connectivity index (χ3n) is 1.65. The number of terminal acetylenes is 1. The van der Waals surface area contributed by atoms with Crippen LogP contribution in [0.1, 0.15) is 20.8 Å². The van der Waals surface area contributed by atoms with Crippen molar-refractivity contribution in [3.05, 3.63) is 0 Å². The normalized spacial score (nSPS) is 12.2. The first kappa shape index (κ1) is 16.8. The fourth-order valence-corrected chi connectivity index (χ4v) is 2.45. The molecule has 0 saturated carbocycles. The molecule has 1 amide bonds. The molecule has 0 spiro atoms. The van der Waals surface area contributed by atoms with E-state index in [4.69, 9.17) is 11.2 Å². The molecule has 0 aliphatic heterocycles. The SMILES string of the molecule is C#CC[Se]C[C@H](NC(=O)OC(C)(C)C)C(=O)OC.